The average Bonchev–Trinajstić information content (AvgIpc) is 2.63. The van der Waals surface area contributed by atoms with Crippen LogP contribution in [0.25, 0.3) is 0 Å². The van der Waals surface area contributed by atoms with Gasteiger partial charge in [0.1, 0.15) is 23.4 Å². The van der Waals surface area contributed by atoms with Crippen LogP contribution in [0.5, 0.6) is 17.2 Å². The molecule has 0 fully saturated rings. The summed E-state index contributed by atoms with van der Waals surface area (Å²) in [6.45, 7) is 2.13. The van der Waals surface area contributed by atoms with Crippen molar-refractivity contribution < 1.29 is 9.47 Å². The van der Waals surface area contributed by atoms with E-state index in [0.717, 1.165) is 23.7 Å². The predicted octanol–water partition coefficient (Wildman–Crippen LogP) is 6.01. The maximum Gasteiger partial charge on any atom is 0.127 e. The van der Waals surface area contributed by atoms with Gasteiger partial charge in [-0.3, -0.25) is 0 Å². The van der Waals surface area contributed by atoms with Crippen molar-refractivity contribution >= 4 is 0 Å². The minimum absolute atomic E-state index is 0.0668. The third-order valence-electron chi connectivity index (χ3n) is 3.62. The Morgan fingerprint density at radius 1 is 0.652 bits per heavy atom. The first kappa shape index (κ1) is 15.2. The fourth-order valence-electron chi connectivity index (χ4n) is 2.43. The zero-order valence-electron chi connectivity index (χ0n) is 13.2. The molecule has 0 aromatic heterocycles. The van der Waals surface area contributed by atoms with Crippen LogP contribution in [0, 0.1) is 0 Å². The molecule has 3 aromatic carbocycles. The molecule has 0 amide bonds. The molecule has 0 aliphatic heterocycles. The minimum Gasteiger partial charge on any atom is -0.486 e. The van der Waals surface area contributed by atoms with Gasteiger partial charge in [0.2, 0.25) is 0 Å². The zero-order valence-corrected chi connectivity index (χ0v) is 13.2. The van der Waals surface area contributed by atoms with Crippen LogP contribution in [0.4, 0.5) is 0 Å². The van der Waals surface area contributed by atoms with Gasteiger partial charge >= 0.3 is 0 Å². The first-order valence-electron chi connectivity index (χ1n) is 7.89. The highest BCUT2D eigenvalue weighted by Gasteiger charge is 2.10. The Bertz CT molecular complexity index is 706. The number of para-hydroxylation sites is 1. The Labute approximate surface area is 137 Å². The normalized spacial score (nSPS) is 11.7. The fourth-order valence-corrected chi connectivity index (χ4v) is 2.43. The number of benzene rings is 3. The summed E-state index contributed by atoms with van der Waals surface area (Å²) in [4.78, 5) is 0. The summed E-state index contributed by atoms with van der Waals surface area (Å²) < 4.78 is 11.9. The van der Waals surface area contributed by atoms with Crippen molar-refractivity contribution in [3.8, 4) is 17.2 Å². The summed E-state index contributed by atoms with van der Waals surface area (Å²) in [5.74, 6) is 2.48. The Morgan fingerprint density at radius 3 is 1.78 bits per heavy atom. The summed E-state index contributed by atoms with van der Waals surface area (Å²) in [6.07, 6.45) is 0.990. The highest BCUT2D eigenvalue weighted by atomic mass is 16.5. The standard InChI is InChI=1S/C21H20O2/c1-2-21(17-9-5-3-6-10-17)23-20-15-13-19(14-16-20)22-18-11-7-4-8-12-18/h3-16,21H,2H2,1H3. The zero-order chi connectivity index (χ0) is 15.9. The largest absolute Gasteiger partial charge is 0.486 e. The number of hydrogen-bond donors (Lipinski definition) is 0. The van der Waals surface area contributed by atoms with Gasteiger partial charge in [-0.2, -0.15) is 0 Å². The molecule has 3 aromatic rings. The maximum absolute atomic E-state index is 6.10. The molecule has 0 N–H and O–H groups in total. The third kappa shape index (κ3) is 4.13. The van der Waals surface area contributed by atoms with Gasteiger partial charge in [-0.05, 0) is 48.4 Å². The minimum atomic E-state index is 0.0668. The number of ether oxygens (including phenoxy) is 2. The molecule has 0 bridgehead atoms. The van der Waals surface area contributed by atoms with Crippen LogP contribution in [0.3, 0.4) is 0 Å². The molecule has 0 aliphatic carbocycles. The van der Waals surface area contributed by atoms with Crippen LogP contribution in [-0.2, 0) is 0 Å². The van der Waals surface area contributed by atoms with E-state index in [2.05, 4.69) is 19.1 Å². The fraction of sp³-hybridized carbons (Fsp3) is 0.143. The average molecular weight is 304 g/mol. The maximum atomic E-state index is 6.10. The van der Waals surface area contributed by atoms with E-state index in [1.165, 1.54) is 5.56 Å². The molecule has 0 spiro atoms. The third-order valence-corrected chi connectivity index (χ3v) is 3.62. The topological polar surface area (TPSA) is 18.5 Å². The van der Waals surface area contributed by atoms with Crippen LogP contribution >= 0.6 is 0 Å². The first-order valence-corrected chi connectivity index (χ1v) is 7.89. The van der Waals surface area contributed by atoms with Crippen LogP contribution < -0.4 is 9.47 Å². The monoisotopic (exact) mass is 304 g/mol. The van der Waals surface area contributed by atoms with E-state index >= 15 is 0 Å². The molecule has 1 atom stereocenters. The second-order valence-electron chi connectivity index (χ2n) is 5.31. The molecule has 0 radical (unpaired) electrons. The quantitative estimate of drug-likeness (QED) is 0.555. The molecule has 0 heterocycles. The van der Waals surface area contributed by atoms with E-state index < -0.39 is 0 Å². The van der Waals surface area contributed by atoms with E-state index in [0.29, 0.717) is 0 Å². The lowest BCUT2D eigenvalue weighted by Gasteiger charge is -2.18. The van der Waals surface area contributed by atoms with Gasteiger partial charge < -0.3 is 9.47 Å². The molecule has 2 heteroatoms. The van der Waals surface area contributed by atoms with Gasteiger partial charge in [0, 0.05) is 0 Å². The van der Waals surface area contributed by atoms with Crippen LogP contribution in [-0.4, -0.2) is 0 Å². The van der Waals surface area contributed by atoms with Gasteiger partial charge in [-0.15, -0.1) is 0 Å². The molecular weight excluding hydrogens is 284 g/mol. The van der Waals surface area contributed by atoms with Gasteiger partial charge in [0.15, 0.2) is 0 Å². The highest BCUT2D eigenvalue weighted by molar-refractivity contribution is 5.35. The first-order chi connectivity index (χ1) is 11.3. The van der Waals surface area contributed by atoms with Crippen LogP contribution in [0.2, 0.25) is 0 Å². The molecule has 0 saturated carbocycles. The second kappa shape index (κ2) is 7.50. The summed E-state index contributed by atoms with van der Waals surface area (Å²) in [5, 5.41) is 0. The molecule has 23 heavy (non-hydrogen) atoms. The van der Waals surface area contributed by atoms with Crippen molar-refractivity contribution in [2.45, 2.75) is 19.4 Å². The summed E-state index contributed by atoms with van der Waals surface area (Å²) in [7, 11) is 0. The Balaban J connectivity index is 1.67. The van der Waals surface area contributed by atoms with Crippen LogP contribution in [0.15, 0.2) is 84.9 Å². The van der Waals surface area contributed by atoms with Crippen molar-refractivity contribution in [1.29, 1.82) is 0 Å². The van der Waals surface area contributed by atoms with Crippen molar-refractivity contribution in [2.24, 2.45) is 0 Å². The lowest BCUT2D eigenvalue weighted by molar-refractivity contribution is 0.201. The van der Waals surface area contributed by atoms with E-state index in [4.69, 9.17) is 9.47 Å². The highest BCUT2D eigenvalue weighted by Crippen LogP contribution is 2.28. The molecule has 2 nitrogen and oxygen atoms in total. The van der Waals surface area contributed by atoms with E-state index in [-0.39, 0.29) is 6.10 Å². The summed E-state index contributed by atoms with van der Waals surface area (Å²) in [5.41, 5.74) is 1.19. The molecule has 0 saturated heterocycles. The molecule has 3 rings (SSSR count). The summed E-state index contributed by atoms with van der Waals surface area (Å²) in [6, 6.07) is 27.8. The lowest BCUT2D eigenvalue weighted by Crippen LogP contribution is -2.06. The van der Waals surface area contributed by atoms with Crippen molar-refractivity contribution in [2.75, 3.05) is 0 Å². The van der Waals surface area contributed by atoms with E-state index in [1.807, 2.05) is 72.8 Å². The number of rotatable bonds is 6. The molecular formula is C21H20O2. The molecule has 0 aliphatic rings. The van der Waals surface area contributed by atoms with Gasteiger partial charge in [0.25, 0.3) is 0 Å². The van der Waals surface area contributed by atoms with Gasteiger partial charge in [0.05, 0.1) is 0 Å². The second-order valence-corrected chi connectivity index (χ2v) is 5.31. The Kier molecular flexibility index (Phi) is 4.95. The smallest absolute Gasteiger partial charge is 0.127 e. The molecule has 1 unspecified atom stereocenters. The van der Waals surface area contributed by atoms with E-state index in [1.54, 1.807) is 0 Å². The Morgan fingerprint density at radius 2 is 1.17 bits per heavy atom. The Hall–Kier alpha value is -2.74. The SMILES string of the molecule is CCC(Oc1ccc(Oc2ccccc2)cc1)c1ccccc1. The molecule has 116 valence electrons. The predicted molar refractivity (Wildman–Crippen MR) is 93.1 cm³/mol. The van der Waals surface area contributed by atoms with E-state index in [9.17, 15) is 0 Å². The van der Waals surface area contributed by atoms with Crippen molar-refractivity contribution in [1.82, 2.24) is 0 Å². The number of hydrogen-bond acceptors (Lipinski definition) is 2. The van der Waals surface area contributed by atoms with Crippen molar-refractivity contribution in [3.05, 3.63) is 90.5 Å². The van der Waals surface area contributed by atoms with Gasteiger partial charge in [-0.25, -0.2) is 0 Å². The summed E-state index contributed by atoms with van der Waals surface area (Å²) >= 11 is 0. The lowest BCUT2D eigenvalue weighted by atomic mass is 10.1. The van der Waals surface area contributed by atoms with Crippen molar-refractivity contribution in [3.63, 3.8) is 0 Å². The van der Waals surface area contributed by atoms with Gasteiger partial charge in [-0.1, -0.05) is 55.5 Å². The van der Waals surface area contributed by atoms with Crippen LogP contribution in [0.1, 0.15) is 25.0 Å².